The van der Waals surface area contributed by atoms with E-state index in [-0.39, 0.29) is 18.7 Å². The topological polar surface area (TPSA) is 71.4 Å². The Hall–Kier alpha value is -3.74. The first-order valence-electron chi connectivity index (χ1n) is 10.9. The van der Waals surface area contributed by atoms with Crippen LogP contribution in [-0.2, 0) is 16.9 Å². The summed E-state index contributed by atoms with van der Waals surface area (Å²) in [4.78, 5) is 40.2. The van der Waals surface area contributed by atoms with Crippen LogP contribution < -0.4 is 5.32 Å². The van der Waals surface area contributed by atoms with E-state index >= 15 is 0 Å². The third-order valence-electron chi connectivity index (χ3n) is 6.40. The highest BCUT2D eigenvalue weighted by atomic mass is 19.1. The number of Topliss-reactive ketones (excluding diaryl/α,β-unsaturated/α-hetero) is 1. The number of benzene rings is 2. The lowest BCUT2D eigenvalue weighted by Crippen LogP contribution is -2.43. The molecule has 1 saturated heterocycles. The van der Waals surface area contributed by atoms with Crippen LogP contribution in [0.4, 0.5) is 9.18 Å². The van der Waals surface area contributed by atoms with Gasteiger partial charge in [0.25, 0.3) is 5.91 Å². The lowest BCUT2D eigenvalue weighted by molar-refractivity contribution is -0.131. The van der Waals surface area contributed by atoms with Gasteiger partial charge in [-0.3, -0.25) is 14.5 Å². The zero-order valence-corrected chi connectivity index (χ0v) is 18.9. The second-order valence-corrected chi connectivity index (χ2v) is 8.37. The molecule has 1 atom stereocenters. The first-order valence-corrected chi connectivity index (χ1v) is 10.9. The third-order valence-corrected chi connectivity index (χ3v) is 6.40. The molecule has 3 amide bonds. The van der Waals surface area contributed by atoms with Gasteiger partial charge in [0.05, 0.1) is 6.54 Å². The van der Waals surface area contributed by atoms with Crippen molar-refractivity contribution in [2.24, 2.45) is 0 Å². The van der Waals surface area contributed by atoms with E-state index in [0.717, 1.165) is 21.9 Å². The third kappa shape index (κ3) is 3.95. The monoisotopic (exact) mass is 447 g/mol. The number of halogens is 1. The summed E-state index contributed by atoms with van der Waals surface area (Å²) in [5.41, 5.74) is 2.48. The summed E-state index contributed by atoms with van der Waals surface area (Å²) in [5, 5.41) is 2.73. The molecule has 0 unspecified atom stereocenters. The van der Waals surface area contributed by atoms with Crippen molar-refractivity contribution in [3.8, 4) is 0 Å². The lowest BCUT2D eigenvalue weighted by Gasteiger charge is -2.25. The summed E-state index contributed by atoms with van der Waals surface area (Å²) in [6.45, 7) is 5.83. The SMILES string of the molecule is CC[C@@]1(c2ccc(F)cc2)NC(=O)N(CC(=O)c2cc(C)n(Cc3ccccc3)c2C)C1=O. The molecular weight excluding hydrogens is 421 g/mol. The molecule has 0 aliphatic carbocycles. The Balaban J connectivity index is 1.57. The summed E-state index contributed by atoms with van der Waals surface area (Å²) in [6, 6.07) is 16.6. The zero-order valence-electron chi connectivity index (χ0n) is 18.9. The summed E-state index contributed by atoms with van der Waals surface area (Å²) in [6.07, 6.45) is 0.277. The highest BCUT2D eigenvalue weighted by Crippen LogP contribution is 2.33. The molecule has 7 heteroatoms. The summed E-state index contributed by atoms with van der Waals surface area (Å²) in [7, 11) is 0. The van der Waals surface area contributed by atoms with Crippen molar-refractivity contribution in [3.05, 3.63) is 94.6 Å². The fraction of sp³-hybridized carbons (Fsp3) is 0.269. The molecule has 2 aromatic carbocycles. The molecule has 1 N–H and O–H groups in total. The van der Waals surface area contributed by atoms with Gasteiger partial charge in [0.15, 0.2) is 5.78 Å². The number of nitrogens with zero attached hydrogens (tertiary/aromatic N) is 2. The van der Waals surface area contributed by atoms with E-state index in [9.17, 15) is 18.8 Å². The van der Waals surface area contributed by atoms with Gasteiger partial charge in [0.1, 0.15) is 11.4 Å². The maximum atomic E-state index is 13.4. The minimum atomic E-state index is -1.31. The van der Waals surface area contributed by atoms with E-state index in [1.165, 1.54) is 24.3 Å². The van der Waals surface area contributed by atoms with Crippen LogP contribution >= 0.6 is 0 Å². The van der Waals surface area contributed by atoms with Gasteiger partial charge in [-0.2, -0.15) is 0 Å². The molecule has 4 rings (SSSR count). The molecule has 1 aromatic heterocycles. The van der Waals surface area contributed by atoms with Crippen molar-refractivity contribution in [1.29, 1.82) is 0 Å². The first-order chi connectivity index (χ1) is 15.8. The number of rotatable bonds is 7. The van der Waals surface area contributed by atoms with Crippen molar-refractivity contribution < 1.29 is 18.8 Å². The number of carbonyl (C=O) groups excluding carboxylic acids is 3. The number of nitrogens with one attached hydrogen (secondary N) is 1. The van der Waals surface area contributed by atoms with Crippen LogP contribution in [0.3, 0.4) is 0 Å². The molecule has 170 valence electrons. The van der Waals surface area contributed by atoms with Gasteiger partial charge in [0, 0.05) is 23.5 Å². The number of hydrogen-bond acceptors (Lipinski definition) is 3. The van der Waals surface area contributed by atoms with E-state index in [0.29, 0.717) is 17.7 Å². The average molecular weight is 448 g/mol. The van der Waals surface area contributed by atoms with Crippen molar-refractivity contribution >= 4 is 17.7 Å². The van der Waals surface area contributed by atoms with Gasteiger partial charge in [0.2, 0.25) is 0 Å². The van der Waals surface area contributed by atoms with E-state index in [4.69, 9.17) is 0 Å². The maximum Gasteiger partial charge on any atom is 0.325 e. The van der Waals surface area contributed by atoms with Gasteiger partial charge < -0.3 is 9.88 Å². The number of amides is 3. The fourth-order valence-corrected chi connectivity index (χ4v) is 4.47. The average Bonchev–Trinajstić information content (AvgIpc) is 3.23. The van der Waals surface area contributed by atoms with Crippen molar-refractivity contribution in [2.75, 3.05) is 6.54 Å². The Labute approximate surface area is 192 Å². The van der Waals surface area contributed by atoms with Gasteiger partial charge in [-0.25, -0.2) is 9.18 Å². The van der Waals surface area contributed by atoms with E-state index in [2.05, 4.69) is 5.32 Å². The number of aromatic nitrogens is 1. The van der Waals surface area contributed by atoms with Crippen molar-refractivity contribution in [2.45, 2.75) is 39.3 Å². The molecule has 1 fully saturated rings. The fourth-order valence-electron chi connectivity index (χ4n) is 4.47. The Morgan fingerprint density at radius 2 is 1.70 bits per heavy atom. The molecule has 0 radical (unpaired) electrons. The molecule has 1 aliphatic rings. The molecule has 33 heavy (non-hydrogen) atoms. The first kappa shape index (κ1) is 22.5. The van der Waals surface area contributed by atoms with Gasteiger partial charge >= 0.3 is 6.03 Å². The Bertz CT molecular complexity index is 1220. The minimum Gasteiger partial charge on any atom is -0.344 e. The van der Waals surface area contributed by atoms with Gasteiger partial charge in [-0.1, -0.05) is 49.4 Å². The largest absolute Gasteiger partial charge is 0.344 e. The van der Waals surface area contributed by atoms with Crippen LogP contribution in [0, 0.1) is 19.7 Å². The summed E-state index contributed by atoms with van der Waals surface area (Å²) >= 11 is 0. The molecule has 3 aromatic rings. The molecular formula is C26H26FN3O3. The molecule has 0 spiro atoms. The quantitative estimate of drug-likeness (QED) is 0.433. The second kappa shape index (κ2) is 8.65. The van der Waals surface area contributed by atoms with Gasteiger partial charge in [-0.15, -0.1) is 0 Å². The highest BCUT2D eigenvalue weighted by molar-refractivity contribution is 6.11. The Morgan fingerprint density at radius 3 is 2.33 bits per heavy atom. The Morgan fingerprint density at radius 1 is 1.03 bits per heavy atom. The van der Waals surface area contributed by atoms with Crippen molar-refractivity contribution in [3.63, 3.8) is 0 Å². The summed E-state index contributed by atoms with van der Waals surface area (Å²) in [5.74, 6) is -1.25. The zero-order chi connectivity index (χ0) is 23.8. The summed E-state index contributed by atoms with van der Waals surface area (Å²) < 4.78 is 15.4. The van der Waals surface area contributed by atoms with Crippen LogP contribution in [0.1, 0.15) is 46.2 Å². The molecule has 0 bridgehead atoms. The molecule has 1 aliphatic heterocycles. The smallest absolute Gasteiger partial charge is 0.325 e. The number of hydrogen-bond donors (Lipinski definition) is 1. The van der Waals surface area contributed by atoms with Gasteiger partial charge in [-0.05, 0) is 49.6 Å². The van der Waals surface area contributed by atoms with Crippen LogP contribution in [-0.4, -0.2) is 33.7 Å². The maximum absolute atomic E-state index is 13.4. The van der Waals surface area contributed by atoms with Crippen LogP contribution in [0.25, 0.3) is 0 Å². The molecule has 0 saturated carbocycles. The van der Waals surface area contributed by atoms with E-state index < -0.39 is 23.3 Å². The van der Waals surface area contributed by atoms with Crippen LogP contribution in [0.2, 0.25) is 0 Å². The Kier molecular flexibility index (Phi) is 5.89. The lowest BCUT2D eigenvalue weighted by atomic mass is 9.87. The normalized spacial score (nSPS) is 18.0. The standard InChI is InChI=1S/C26H26FN3O3/c1-4-26(20-10-12-21(27)13-11-20)24(32)30(25(33)28-26)16-23(31)22-14-17(2)29(18(22)3)15-19-8-6-5-7-9-19/h5-14H,4,15-16H2,1-3H3,(H,28,33)/t26-/m0/s1. The number of ketones is 1. The predicted molar refractivity (Wildman–Crippen MR) is 122 cm³/mol. The number of carbonyl (C=O) groups is 3. The highest BCUT2D eigenvalue weighted by Gasteiger charge is 2.51. The van der Waals surface area contributed by atoms with E-state index in [1.54, 1.807) is 13.0 Å². The number of imide groups is 1. The van der Waals surface area contributed by atoms with Crippen LogP contribution in [0.5, 0.6) is 0 Å². The van der Waals surface area contributed by atoms with E-state index in [1.807, 2.05) is 48.7 Å². The molecule has 2 heterocycles. The predicted octanol–water partition coefficient (Wildman–Crippen LogP) is 4.33. The van der Waals surface area contributed by atoms with Crippen molar-refractivity contribution in [1.82, 2.24) is 14.8 Å². The minimum absolute atomic E-state index is 0.277. The molecule has 6 nitrogen and oxygen atoms in total. The van der Waals surface area contributed by atoms with Crippen LogP contribution in [0.15, 0.2) is 60.7 Å². The number of urea groups is 1. The number of aryl methyl sites for hydroxylation is 1. The second-order valence-electron chi connectivity index (χ2n) is 8.37.